The number of hydrogen-bond donors (Lipinski definition) is 2. The topological polar surface area (TPSA) is 85.1 Å². The Bertz CT molecular complexity index is 768. The van der Waals surface area contributed by atoms with Crippen molar-refractivity contribution < 1.29 is 8.42 Å². The normalized spacial score (nSPS) is 15.1. The van der Waals surface area contributed by atoms with Crippen molar-refractivity contribution in [2.24, 2.45) is 0 Å². The zero-order valence-electron chi connectivity index (χ0n) is 11.1. The molecule has 21 heavy (non-hydrogen) atoms. The fraction of sp³-hybridized carbons (Fsp3) is 0.214. The molecule has 0 bridgehead atoms. The van der Waals surface area contributed by atoms with Crippen LogP contribution in [0.25, 0.3) is 0 Å². The lowest BCUT2D eigenvalue weighted by Gasteiger charge is -2.12. The van der Waals surface area contributed by atoms with Crippen LogP contribution in [0, 0.1) is 0 Å². The quantitative estimate of drug-likeness (QED) is 0.901. The SMILES string of the molecule is Nc1ncc(S(=O)(=O)NC2Cc3ccccc3C2)cc1Cl. The van der Waals surface area contributed by atoms with Crippen molar-refractivity contribution in [1.29, 1.82) is 0 Å². The van der Waals surface area contributed by atoms with Crippen LogP contribution in [0.2, 0.25) is 5.02 Å². The standard InChI is InChI=1S/C14H14ClN3O2S/c15-13-7-12(8-17-14(13)16)21(19,20)18-11-5-9-3-1-2-4-10(9)6-11/h1-4,7-8,11,18H,5-6H2,(H2,16,17). The smallest absolute Gasteiger partial charge is 0.242 e. The Morgan fingerprint density at radius 2 is 1.86 bits per heavy atom. The van der Waals surface area contributed by atoms with Gasteiger partial charge in [0.15, 0.2) is 0 Å². The van der Waals surface area contributed by atoms with Gasteiger partial charge in [0.1, 0.15) is 10.7 Å². The summed E-state index contributed by atoms with van der Waals surface area (Å²) in [6.07, 6.45) is 2.59. The first kappa shape index (κ1) is 14.3. The Kier molecular flexibility index (Phi) is 3.61. The molecule has 5 nitrogen and oxygen atoms in total. The number of aromatic nitrogens is 1. The molecule has 1 heterocycles. The lowest BCUT2D eigenvalue weighted by atomic mass is 10.1. The van der Waals surface area contributed by atoms with E-state index in [0.29, 0.717) is 12.8 Å². The van der Waals surface area contributed by atoms with Crippen LogP contribution in [0.4, 0.5) is 5.82 Å². The Labute approximate surface area is 128 Å². The number of fused-ring (bicyclic) bond motifs is 1. The van der Waals surface area contributed by atoms with Crippen molar-refractivity contribution in [3.63, 3.8) is 0 Å². The molecule has 0 saturated heterocycles. The number of nitrogens with two attached hydrogens (primary N) is 1. The Hall–Kier alpha value is -1.63. The van der Waals surface area contributed by atoms with Gasteiger partial charge in [-0.15, -0.1) is 0 Å². The Morgan fingerprint density at radius 3 is 2.43 bits per heavy atom. The number of benzene rings is 1. The summed E-state index contributed by atoms with van der Waals surface area (Å²) in [5, 5.41) is 0.132. The summed E-state index contributed by atoms with van der Waals surface area (Å²) < 4.78 is 27.4. The monoisotopic (exact) mass is 323 g/mol. The highest BCUT2D eigenvalue weighted by molar-refractivity contribution is 7.89. The number of nitrogen functional groups attached to an aromatic ring is 1. The molecule has 1 aromatic carbocycles. The van der Waals surface area contributed by atoms with E-state index in [-0.39, 0.29) is 21.8 Å². The zero-order chi connectivity index (χ0) is 15.0. The van der Waals surface area contributed by atoms with Crippen LogP contribution in [-0.4, -0.2) is 19.4 Å². The molecule has 0 atom stereocenters. The maximum Gasteiger partial charge on any atom is 0.242 e. The van der Waals surface area contributed by atoms with E-state index in [0.717, 1.165) is 0 Å². The van der Waals surface area contributed by atoms with E-state index in [9.17, 15) is 8.42 Å². The van der Waals surface area contributed by atoms with Gasteiger partial charge in [-0.05, 0) is 30.0 Å². The van der Waals surface area contributed by atoms with Gasteiger partial charge in [0.2, 0.25) is 10.0 Å². The maximum absolute atomic E-state index is 12.4. The number of rotatable bonds is 3. The fourth-order valence-electron chi connectivity index (χ4n) is 2.51. The molecule has 0 radical (unpaired) electrons. The third kappa shape index (κ3) is 2.88. The number of nitrogens with zero attached hydrogens (tertiary/aromatic N) is 1. The van der Waals surface area contributed by atoms with Crippen molar-refractivity contribution >= 4 is 27.4 Å². The summed E-state index contributed by atoms with van der Waals surface area (Å²) in [4.78, 5) is 3.81. The summed E-state index contributed by atoms with van der Waals surface area (Å²) in [6.45, 7) is 0. The van der Waals surface area contributed by atoms with Crippen LogP contribution in [0.3, 0.4) is 0 Å². The first-order chi connectivity index (χ1) is 9.95. The second kappa shape index (κ2) is 5.29. The summed E-state index contributed by atoms with van der Waals surface area (Å²) in [7, 11) is -3.65. The van der Waals surface area contributed by atoms with E-state index in [2.05, 4.69) is 9.71 Å². The van der Waals surface area contributed by atoms with E-state index < -0.39 is 10.0 Å². The second-order valence-electron chi connectivity index (χ2n) is 5.03. The first-order valence-electron chi connectivity index (χ1n) is 6.46. The van der Waals surface area contributed by atoms with Gasteiger partial charge in [0.25, 0.3) is 0 Å². The van der Waals surface area contributed by atoms with Gasteiger partial charge in [-0.3, -0.25) is 0 Å². The number of hydrogen-bond acceptors (Lipinski definition) is 4. The van der Waals surface area contributed by atoms with Gasteiger partial charge in [-0.1, -0.05) is 35.9 Å². The van der Waals surface area contributed by atoms with E-state index in [1.165, 1.54) is 23.4 Å². The van der Waals surface area contributed by atoms with Crippen molar-refractivity contribution in [3.8, 4) is 0 Å². The Morgan fingerprint density at radius 1 is 1.24 bits per heavy atom. The van der Waals surface area contributed by atoms with E-state index in [1.807, 2.05) is 24.3 Å². The molecule has 0 aliphatic heterocycles. The molecule has 3 rings (SSSR count). The molecule has 0 saturated carbocycles. The van der Waals surface area contributed by atoms with Crippen molar-refractivity contribution in [3.05, 3.63) is 52.7 Å². The molecule has 1 aromatic heterocycles. The van der Waals surface area contributed by atoms with Gasteiger partial charge in [0, 0.05) is 12.2 Å². The third-order valence-electron chi connectivity index (χ3n) is 3.53. The predicted molar refractivity (Wildman–Crippen MR) is 81.6 cm³/mol. The third-order valence-corrected chi connectivity index (χ3v) is 5.32. The van der Waals surface area contributed by atoms with Crippen LogP contribution >= 0.6 is 11.6 Å². The van der Waals surface area contributed by atoms with E-state index in [4.69, 9.17) is 17.3 Å². The molecular formula is C14H14ClN3O2S. The van der Waals surface area contributed by atoms with Crippen LogP contribution in [-0.2, 0) is 22.9 Å². The van der Waals surface area contributed by atoms with Gasteiger partial charge in [-0.2, -0.15) is 0 Å². The van der Waals surface area contributed by atoms with Gasteiger partial charge in [0.05, 0.1) is 5.02 Å². The minimum absolute atomic E-state index is 0.0256. The fourth-order valence-corrected chi connectivity index (χ4v) is 3.94. The number of sulfonamides is 1. The second-order valence-corrected chi connectivity index (χ2v) is 7.15. The molecule has 0 fully saturated rings. The molecule has 0 amide bonds. The highest BCUT2D eigenvalue weighted by Gasteiger charge is 2.26. The lowest BCUT2D eigenvalue weighted by molar-refractivity contribution is 0.555. The van der Waals surface area contributed by atoms with Crippen molar-refractivity contribution in [1.82, 2.24) is 9.71 Å². The molecule has 3 N–H and O–H groups in total. The molecule has 2 aromatic rings. The summed E-state index contributed by atoms with van der Waals surface area (Å²) >= 11 is 5.83. The highest BCUT2D eigenvalue weighted by atomic mass is 35.5. The zero-order valence-corrected chi connectivity index (χ0v) is 12.7. The molecule has 0 unspecified atom stereocenters. The van der Waals surface area contributed by atoms with Crippen molar-refractivity contribution in [2.75, 3.05) is 5.73 Å². The summed E-state index contributed by atoms with van der Waals surface area (Å²) in [5.74, 6) is 0.115. The van der Waals surface area contributed by atoms with Gasteiger partial charge >= 0.3 is 0 Å². The first-order valence-corrected chi connectivity index (χ1v) is 8.32. The van der Waals surface area contributed by atoms with Gasteiger partial charge < -0.3 is 5.73 Å². The maximum atomic E-state index is 12.4. The molecule has 0 spiro atoms. The van der Waals surface area contributed by atoms with E-state index in [1.54, 1.807) is 0 Å². The molecule has 110 valence electrons. The number of pyridine rings is 1. The Balaban J connectivity index is 1.80. The minimum Gasteiger partial charge on any atom is -0.382 e. The van der Waals surface area contributed by atoms with Gasteiger partial charge in [-0.25, -0.2) is 18.1 Å². The summed E-state index contributed by atoms with van der Waals surface area (Å²) in [5.41, 5.74) is 7.85. The predicted octanol–water partition coefficient (Wildman–Crippen LogP) is 1.76. The average molecular weight is 324 g/mol. The molecule has 1 aliphatic carbocycles. The number of anilines is 1. The molecule has 7 heteroatoms. The lowest BCUT2D eigenvalue weighted by Crippen LogP contribution is -2.35. The average Bonchev–Trinajstić information content (AvgIpc) is 2.82. The van der Waals surface area contributed by atoms with Crippen LogP contribution in [0.15, 0.2) is 41.4 Å². The van der Waals surface area contributed by atoms with Crippen molar-refractivity contribution in [2.45, 2.75) is 23.8 Å². The largest absolute Gasteiger partial charge is 0.382 e. The molecular weight excluding hydrogens is 310 g/mol. The van der Waals surface area contributed by atoms with E-state index >= 15 is 0 Å². The number of nitrogens with one attached hydrogen (secondary N) is 1. The minimum atomic E-state index is -3.65. The molecule has 1 aliphatic rings. The number of halogens is 1. The van der Waals surface area contributed by atoms with Crippen LogP contribution < -0.4 is 10.5 Å². The highest BCUT2D eigenvalue weighted by Crippen LogP contribution is 2.24. The van der Waals surface area contributed by atoms with Crippen LogP contribution in [0.1, 0.15) is 11.1 Å². The van der Waals surface area contributed by atoms with Crippen LogP contribution in [0.5, 0.6) is 0 Å². The summed E-state index contributed by atoms with van der Waals surface area (Å²) in [6, 6.07) is 9.12.